The van der Waals surface area contributed by atoms with Crippen molar-refractivity contribution in [1.29, 1.82) is 0 Å². The molecule has 0 amide bonds. The summed E-state index contributed by atoms with van der Waals surface area (Å²) < 4.78 is 10.4. The van der Waals surface area contributed by atoms with Gasteiger partial charge in [-0.05, 0) is 82.9 Å². The number of aromatic nitrogens is 2. The van der Waals surface area contributed by atoms with Gasteiger partial charge in [0.2, 0.25) is 0 Å². The van der Waals surface area contributed by atoms with Crippen LogP contribution >= 0.6 is 0 Å². The Labute approximate surface area is 193 Å². The molecule has 2 aromatic heterocycles. The lowest BCUT2D eigenvalue weighted by atomic mass is 9.97. The smallest absolute Gasteiger partial charge is 0.347 e. The molecular weight excluding hydrogens is 420 g/mol. The molecule has 0 spiro atoms. The summed E-state index contributed by atoms with van der Waals surface area (Å²) in [7, 11) is 0. The van der Waals surface area contributed by atoms with Crippen molar-refractivity contribution in [3.8, 4) is 0 Å². The van der Waals surface area contributed by atoms with E-state index in [4.69, 9.17) is 9.47 Å². The fourth-order valence-corrected chi connectivity index (χ4v) is 3.24. The number of fused-ring (bicyclic) bond motifs is 1. The molecule has 3 rings (SSSR count). The molecule has 0 saturated carbocycles. The van der Waals surface area contributed by atoms with Crippen molar-refractivity contribution in [2.45, 2.75) is 60.0 Å². The second-order valence-corrected chi connectivity index (χ2v) is 10.1. The molecule has 7 nitrogen and oxygen atoms in total. The molecule has 2 heterocycles. The Balaban J connectivity index is 1.77. The highest BCUT2D eigenvalue weighted by molar-refractivity contribution is 5.98. The zero-order valence-electron chi connectivity index (χ0n) is 19.9. The van der Waals surface area contributed by atoms with Crippen molar-refractivity contribution in [1.82, 2.24) is 9.97 Å². The second kappa shape index (κ2) is 9.17. The lowest BCUT2D eigenvalue weighted by Gasteiger charge is -2.19. The summed E-state index contributed by atoms with van der Waals surface area (Å²) in [6, 6.07) is 7.62. The van der Waals surface area contributed by atoms with E-state index in [1.165, 1.54) is 6.20 Å². The summed E-state index contributed by atoms with van der Waals surface area (Å²) in [6.07, 6.45) is 5.57. The van der Waals surface area contributed by atoms with Gasteiger partial charge >= 0.3 is 17.9 Å². The Hall–Kier alpha value is -3.48. The zero-order chi connectivity index (χ0) is 24.4. The Bertz CT molecular complexity index is 1200. The van der Waals surface area contributed by atoms with Crippen LogP contribution in [-0.2, 0) is 31.9 Å². The van der Waals surface area contributed by atoms with Gasteiger partial charge in [0.1, 0.15) is 5.60 Å². The van der Waals surface area contributed by atoms with Crippen LogP contribution in [0.5, 0.6) is 0 Å². The predicted molar refractivity (Wildman–Crippen MR) is 125 cm³/mol. The Morgan fingerprint density at radius 2 is 1.70 bits per heavy atom. The molecule has 0 fully saturated rings. The lowest BCUT2D eigenvalue weighted by molar-refractivity contribution is -0.154. The summed E-state index contributed by atoms with van der Waals surface area (Å²) in [5, 5.41) is 0.942. The van der Waals surface area contributed by atoms with Crippen LogP contribution in [0, 0.1) is 5.41 Å². The van der Waals surface area contributed by atoms with Crippen molar-refractivity contribution >= 4 is 28.8 Å². The molecule has 174 valence electrons. The average Bonchev–Trinajstić information content (AvgIpc) is 3.08. The van der Waals surface area contributed by atoms with Crippen molar-refractivity contribution in [3.63, 3.8) is 0 Å². The molecule has 0 aliphatic rings. The van der Waals surface area contributed by atoms with Crippen LogP contribution in [0.25, 0.3) is 10.9 Å². The van der Waals surface area contributed by atoms with Gasteiger partial charge in [0, 0.05) is 29.5 Å². The minimum atomic E-state index is -0.774. The summed E-state index contributed by atoms with van der Waals surface area (Å²) in [5.74, 6) is -1.59. The highest BCUT2D eigenvalue weighted by Gasteiger charge is 2.26. The van der Waals surface area contributed by atoms with E-state index >= 15 is 0 Å². The third kappa shape index (κ3) is 6.51. The van der Waals surface area contributed by atoms with Gasteiger partial charge in [-0.25, -0.2) is 4.79 Å². The minimum absolute atomic E-state index is 0.172. The molecule has 33 heavy (non-hydrogen) atoms. The number of aromatic amines is 1. The Kier molecular flexibility index (Phi) is 6.72. The van der Waals surface area contributed by atoms with E-state index in [0.29, 0.717) is 6.42 Å². The van der Waals surface area contributed by atoms with E-state index < -0.39 is 23.0 Å². The topological polar surface area (TPSA) is 98.4 Å². The molecule has 0 aliphatic heterocycles. The number of rotatable bonds is 5. The number of carbonyl (C=O) groups excluding carboxylic acids is 3. The molecule has 1 aromatic carbocycles. The number of benzene rings is 1. The number of nitrogens with one attached hydrogen (secondary N) is 1. The van der Waals surface area contributed by atoms with Crippen LogP contribution < -0.4 is 0 Å². The molecular formula is C26H30N2O5. The lowest BCUT2D eigenvalue weighted by Crippen LogP contribution is -2.26. The standard InChI is InChI=1S/C26H30N2O5/c1-25(2,3)24(31)32-23(30)19-10-17(13-27-14-19)9-16-7-8-21-20(11-16)18(15-28-21)12-22(29)33-26(4,5)6/h7-8,10-11,13-15,28H,9,12H2,1-6H3. The zero-order valence-corrected chi connectivity index (χ0v) is 19.9. The van der Waals surface area contributed by atoms with Crippen LogP contribution in [0.1, 0.15) is 68.6 Å². The van der Waals surface area contributed by atoms with Gasteiger partial charge in [0.15, 0.2) is 0 Å². The summed E-state index contributed by atoms with van der Waals surface area (Å²) >= 11 is 0. The first-order valence-corrected chi connectivity index (χ1v) is 10.8. The molecule has 1 N–H and O–H groups in total. The average molecular weight is 451 g/mol. The van der Waals surface area contributed by atoms with E-state index in [9.17, 15) is 14.4 Å². The van der Waals surface area contributed by atoms with Crippen LogP contribution in [0.15, 0.2) is 42.9 Å². The largest absolute Gasteiger partial charge is 0.460 e. The van der Waals surface area contributed by atoms with Crippen molar-refractivity contribution < 1.29 is 23.9 Å². The van der Waals surface area contributed by atoms with Crippen LogP contribution in [0.2, 0.25) is 0 Å². The van der Waals surface area contributed by atoms with E-state index in [1.54, 1.807) is 33.0 Å². The third-order valence-electron chi connectivity index (χ3n) is 4.82. The van der Waals surface area contributed by atoms with Gasteiger partial charge in [0.05, 0.1) is 17.4 Å². The number of hydrogen-bond acceptors (Lipinski definition) is 6. The minimum Gasteiger partial charge on any atom is -0.460 e. The molecule has 0 aliphatic carbocycles. The van der Waals surface area contributed by atoms with Crippen molar-refractivity contribution in [3.05, 3.63) is 65.1 Å². The quantitative estimate of drug-likeness (QED) is 0.444. The van der Waals surface area contributed by atoms with Crippen LogP contribution in [-0.4, -0.2) is 33.5 Å². The maximum absolute atomic E-state index is 12.4. The molecule has 0 bridgehead atoms. The fourth-order valence-electron chi connectivity index (χ4n) is 3.24. The number of pyridine rings is 1. The number of esters is 3. The number of carbonyl (C=O) groups is 3. The highest BCUT2D eigenvalue weighted by atomic mass is 16.6. The first-order chi connectivity index (χ1) is 15.3. The number of H-pyrrole nitrogens is 1. The van der Waals surface area contributed by atoms with E-state index in [0.717, 1.165) is 27.6 Å². The van der Waals surface area contributed by atoms with E-state index in [2.05, 4.69) is 9.97 Å². The van der Waals surface area contributed by atoms with E-state index in [1.807, 2.05) is 45.2 Å². The van der Waals surface area contributed by atoms with Crippen molar-refractivity contribution in [2.75, 3.05) is 0 Å². The molecule has 3 aromatic rings. The number of hydrogen-bond donors (Lipinski definition) is 1. The molecule has 0 unspecified atom stereocenters. The third-order valence-corrected chi connectivity index (χ3v) is 4.82. The molecule has 0 saturated heterocycles. The number of ether oxygens (including phenoxy) is 2. The molecule has 0 atom stereocenters. The SMILES string of the molecule is CC(C)(C)OC(=O)Cc1c[nH]c2ccc(Cc3cncc(C(=O)OC(=O)C(C)(C)C)c3)cc12. The summed E-state index contributed by atoms with van der Waals surface area (Å²) in [5.41, 5.74) is 2.49. The Morgan fingerprint density at radius 1 is 0.970 bits per heavy atom. The first-order valence-electron chi connectivity index (χ1n) is 10.8. The predicted octanol–water partition coefficient (Wildman–Crippen LogP) is 4.77. The van der Waals surface area contributed by atoms with Gasteiger partial charge in [-0.2, -0.15) is 0 Å². The van der Waals surface area contributed by atoms with Gasteiger partial charge in [0.25, 0.3) is 0 Å². The van der Waals surface area contributed by atoms with Gasteiger partial charge in [-0.1, -0.05) is 6.07 Å². The second-order valence-electron chi connectivity index (χ2n) is 10.1. The first kappa shape index (κ1) is 24.2. The van der Waals surface area contributed by atoms with Gasteiger partial charge in [-0.3, -0.25) is 14.6 Å². The van der Waals surface area contributed by atoms with Crippen LogP contribution in [0.3, 0.4) is 0 Å². The van der Waals surface area contributed by atoms with E-state index in [-0.39, 0.29) is 18.0 Å². The van der Waals surface area contributed by atoms with Crippen LogP contribution in [0.4, 0.5) is 0 Å². The molecule has 7 heteroatoms. The monoisotopic (exact) mass is 450 g/mol. The highest BCUT2D eigenvalue weighted by Crippen LogP contribution is 2.23. The maximum atomic E-state index is 12.4. The fraction of sp³-hybridized carbons (Fsp3) is 0.385. The maximum Gasteiger partial charge on any atom is 0.347 e. The normalized spacial score (nSPS) is 11.9. The van der Waals surface area contributed by atoms with Gasteiger partial charge in [-0.15, -0.1) is 0 Å². The summed E-state index contributed by atoms with van der Waals surface area (Å²) in [6.45, 7) is 10.6. The summed E-state index contributed by atoms with van der Waals surface area (Å²) in [4.78, 5) is 44.0. The molecule has 0 radical (unpaired) electrons. The number of nitrogens with zero attached hydrogens (tertiary/aromatic N) is 1. The van der Waals surface area contributed by atoms with Crippen molar-refractivity contribution in [2.24, 2.45) is 5.41 Å². The Morgan fingerprint density at radius 3 is 2.36 bits per heavy atom. The van der Waals surface area contributed by atoms with Gasteiger partial charge < -0.3 is 14.5 Å².